The summed E-state index contributed by atoms with van der Waals surface area (Å²) in [7, 11) is 0. The molecule has 0 bridgehead atoms. The molecule has 0 aliphatic rings. The van der Waals surface area contributed by atoms with E-state index in [-0.39, 0.29) is 0 Å². The number of hydrogen-bond donors (Lipinski definition) is 0. The van der Waals surface area contributed by atoms with E-state index in [0.29, 0.717) is 0 Å². The Balaban J connectivity index is 0. The van der Waals surface area contributed by atoms with Gasteiger partial charge in [0.05, 0.1) is 11.4 Å². The van der Waals surface area contributed by atoms with Gasteiger partial charge in [0.25, 0.3) is 0 Å². The van der Waals surface area contributed by atoms with Crippen LogP contribution in [0.5, 0.6) is 0 Å². The van der Waals surface area contributed by atoms with Crippen LogP contribution >= 0.6 is 0 Å². The summed E-state index contributed by atoms with van der Waals surface area (Å²) in [5, 5.41) is 7.82. The first kappa shape index (κ1) is 15.5. The van der Waals surface area contributed by atoms with Crippen molar-refractivity contribution in [1.29, 1.82) is 0 Å². The molecule has 0 spiro atoms. The molecule has 0 unspecified atom stereocenters. The first-order valence-corrected chi connectivity index (χ1v) is 5.39. The van der Waals surface area contributed by atoms with Gasteiger partial charge in [0.15, 0.2) is 0 Å². The van der Waals surface area contributed by atoms with Crippen LogP contribution in [-0.4, -0.2) is 10.2 Å². The predicted molar refractivity (Wildman–Crippen MR) is 63.6 cm³/mol. The van der Waals surface area contributed by atoms with Gasteiger partial charge in [-0.1, -0.05) is 34.1 Å². The summed E-state index contributed by atoms with van der Waals surface area (Å²) in [6.07, 6.45) is 1.25. The second-order valence-corrected chi connectivity index (χ2v) is 2.96. The Bertz CT molecular complexity index is 232. The van der Waals surface area contributed by atoms with Crippen LogP contribution in [-0.2, 0) is 0 Å². The third-order valence-electron chi connectivity index (χ3n) is 1.35. The maximum absolute atomic E-state index is 3.93. The molecule has 1 heterocycles. The first-order valence-electron chi connectivity index (χ1n) is 5.39. The molecule has 1 aromatic rings. The molecule has 0 radical (unpaired) electrons. The molecule has 0 aromatic carbocycles. The van der Waals surface area contributed by atoms with Gasteiger partial charge >= 0.3 is 0 Å². The van der Waals surface area contributed by atoms with Gasteiger partial charge in [-0.05, 0) is 32.4 Å². The zero-order valence-electron chi connectivity index (χ0n) is 10.7. The monoisotopic (exact) mass is 196 g/mol. The summed E-state index contributed by atoms with van der Waals surface area (Å²) in [6, 6.07) is 2.03. The molecule has 1 rings (SSSR count). The van der Waals surface area contributed by atoms with Crippen LogP contribution in [0, 0.1) is 20.8 Å². The largest absolute Gasteiger partial charge is 0.156 e. The SMILES string of the molecule is CC.CCC.Cc1cc(C)c(C)nn1. The van der Waals surface area contributed by atoms with Gasteiger partial charge in [-0.15, -0.1) is 0 Å². The standard InChI is InChI=1S/C7H10N2.C3H8.C2H6/c1-5-4-6(2)8-9-7(5)3;1-3-2;1-2/h4H,1-3H3;3H2,1-2H3;1-2H3. The van der Waals surface area contributed by atoms with Crippen molar-refractivity contribution >= 4 is 0 Å². The van der Waals surface area contributed by atoms with Crippen LogP contribution in [0.3, 0.4) is 0 Å². The minimum absolute atomic E-state index is 0.984. The van der Waals surface area contributed by atoms with Gasteiger partial charge in [-0.2, -0.15) is 10.2 Å². The van der Waals surface area contributed by atoms with Crippen LogP contribution < -0.4 is 0 Å². The third-order valence-corrected chi connectivity index (χ3v) is 1.35. The molecule has 82 valence electrons. The average Bonchev–Trinajstić information content (AvgIpc) is 2.17. The minimum Gasteiger partial charge on any atom is -0.156 e. The normalized spacial score (nSPS) is 7.93. The fourth-order valence-corrected chi connectivity index (χ4v) is 0.679. The number of hydrogen-bond acceptors (Lipinski definition) is 2. The second-order valence-electron chi connectivity index (χ2n) is 2.96. The van der Waals surface area contributed by atoms with E-state index in [0.717, 1.165) is 11.4 Å². The van der Waals surface area contributed by atoms with Crippen molar-refractivity contribution in [2.75, 3.05) is 0 Å². The molecule has 2 nitrogen and oxygen atoms in total. The molecule has 0 atom stereocenters. The molecule has 0 amide bonds. The molecule has 0 aliphatic carbocycles. The van der Waals surface area contributed by atoms with E-state index in [4.69, 9.17) is 0 Å². The Morgan fingerprint density at radius 1 is 1.00 bits per heavy atom. The fraction of sp³-hybridized carbons (Fsp3) is 0.667. The van der Waals surface area contributed by atoms with E-state index in [1.807, 2.05) is 40.7 Å². The minimum atomic E-state index is 0.984. The predicted octanol–water partition coefficient (Wildman–Crippen LogP) is 3.84. The van der Waals surface area contributed by atoms with Gasteiger partial charge in [0, 0.05) is 0 Å². The van der Waals surface area contributed by atoms with Gasteiger partial charge < -0.3 is 0 Å². The molecule has 2 heteroatoms. The lowest BCUT2D eigenvalue weighted by Crippen LogP contribution is -1.91. The fourth-order valence-electron chi connectivity index (χ4n) is 0.679. The summed E-state index contributed by atoms with van der Waals surface area (Å²) < 4.78 is 0. The molecule has 0 fully saturated rings. The second kappa shape index (κ2) is 10.2. The highest BCUT2D eigenvalue weighted by Gasteiger charge is 1.92. The van der Waals surface area contributed by atoms with Gasteiger partial charge in [-0.25, -0.2) is 0 Å². The van der Waals surface area contributed by atoms with E-state index in [1.54, 1.807) is 0 Å². The summed E-state index contributed by atoms with van der Waals surface area (Å²) in [5.74, 6) is 0. The van der Waals surface area contributed by atoms with Crippen LogP contribution in [0.1, 0.15) is 51.1 Å². The first-order chi connectivity index (χ1) is 6.61. The van der Waals surface area contributed by atoms with E-state index in [2.05, 4.69) is 24.0 Å². The molecule has 0 N–H and O–H groups in total. The number of aryl methyl sites for hydroxylation is 3. The van der Waals surface area contributed by atoms with E-state index in [9.17, 15) is 0 Å². The third kappa shape index (κ3) is 7.71. The maximum atomic E-state index is 3.93. The lowest BCUT2D eigenvalue weighted by molar-refractivity contribution is 0.924. The summed E-state index contributed by atoms with van der Waals surface area (Å²) in [4.78, 5) is 0. The summed E-state index contributed by atoms with van der Waals surface area (Å²) in [5.41, 5.74) is 3.21. The highest BCUT2D eigenvalue weighted by molar-refractivity contribution is 5.16. The quantitative estimate of drug-likeness (QED) is 0.630. The molecule has 14 heavy (non-hydrogen) atoms. The lowest BCUT2D eigenvalue weighted by atomic mass is 10.2. The van der Waals surface area contributed by atoms with Crippen molar-refractivity contribution in [3.05, 3.63) is 23.0 Å². The van der Waals surface area contributed by atoms with Gasteiger partial charge in [0.2, 0.25) is 0 Å². The maximum Gasteiger partial charge on any atom is 0.0629 e. The van der Waals surface area contributed by atoms with Gasteiger partial charge in [-0.3, -0.25) is 0 Å². The van der Waals surface area contributed by atoms with Crippen molar-refractivity contribution < 1.29 is 0 Å². The van der Waals surface area contributed by atoms with E-state index in [1.165, 1.54) is 12.0 Å². The Kier molecular flexibility index (Phi) is 11.3. The van der Waals surface area contributed by atoms with E-state index >= 15 is 0 Å². The van der Waals surface area contributed by atoms with E-state index < -0.39 is 0 Å². The number of nitrogens with zero attached hydrogens (tertiary/aromatic N) is 2. The summed E-state index contributed by atoms with van der Waals surface area (Å²) in [6.45, 7) is 14.2. The number of aromatic nitrogens is 2. The highest BCUT2D eigenvalue weighted by Crippen LogP contribution is 2.00. The Morgan fingerprint density at radius 3 is 1.71 bits per heavy atom. The summed E-state index contributed by atoms with van der Waals surface area (Å²) >= 11 is 0. The molecule has 0 aliphatic heterocycles. The van der Waals surface area contributed by atoms with Crippen molar-refractivity contribution in [2.24, 2.45) is 0 Å². The van der Waals surface area contributed by atoms with Crippen LogP contribution in [0.2, 0.25) is 0 Å². The smallest absolute Gasteiger partial charge is 0.0629 e. The van der Waals surface area contributed by atoms with Crippen molar-refractivity contribution in [1.82, 2.24) is 10.2 Å². The molecule has 0 saturated heterocycles. The topological polar surface area (TPSA) is 25.8 Å². The Hall–Kier alpha value is -0.920. The van der Waals surface area contributed by atoms with Crippen molar-refractivity contribution in [3.63, 3.8) is 0 Å². The molecule has 1 aromatic heterocycles. The molecule has 0 saturated carbocycles. The zero-order chi connectivity index (χ0) is 11.6. The number of rotatable bonds is 0. The average molecular weight is 196 g/mol. The highest BCUT2D eigenvalue weighted by atomic mass is 15.1. The molecular formula is C12H24N2. The van der Waals surface area contributed by atoms with Crippen molar-refractivity contribution in [2.45, 2.75) is 54.9 Å². The van der Waals surface area contributed by atoms with Gasteiger partial charge in [0.1, 0.15) is 0 Å². The lowest BCUT2D eigenvalue weighted by Gasteiger charge is -1.95. The Labute approximate surface area is 88.8 Å². The molecular weight excluding hydrogens is 172 g/mol. The van der Waals surface area contributed by atoms with Crippen molar-refractivity contribution in [3.8, 4) is 0 Å². The zero-order valence-corrected chi connectivity index (χ0v) is 10.7. The van der Waals surface area contributed by atoms with Crippen LogP contribution in [0.15, 0.2) is 6.07 Å². The van der Waals surface area contributed by atoms with Crippen LogP contribution in [0.25, 0.3) is 0 Å². The Morgan fingerprint density at radius 2 is 1.43 bits per heavy atom. The van der Waals surface area contributed by atoms with Crippen LogP contribution in [0.4, 0.5) is 0 Å².